The van der Waals surface area contributed by atoms with Crippen molar-refractivity contribution in [1.82, 2.24) is 0 Å². The Morgan fingerprint density at radius 1 is 1.38 bits per heavy atom. The van der Waals surface area contributed by atoms with Crippen molar-refractivity contribution in [2.75, 3.05) is 13.2 Å². The van der Waals surface area contributed by atoms with Crippen LogP contribution in [0.2, 0.25) is 0 Å². The summed E-state index contributed by atoms with van der Waals surface area (Å²) in [5.41, 5.74) is 6.16. The zero-order valence-electron chi connectivity index (χ0n) is 9.95. The van der Waals surface area contributed by atoms with Crippen LogP contribution in [0, 0.1) is 5.92 Å². The lowest BCUT2D eigenvalue weighted by molar-refractivity contribution is 0.0611. The first-order chi connectivity index (χ1) is 7.79. The lowest BCUT2D eigenvalue weighted by Crippen LogP contribution is -2.21. The summed E-state index contributed by atoms with van der Waals surface area (Å²) < 4.78 is 11.0. The Morgan fingerprint density at radius 3 is 2.75 bits per heavy atom. The number of hydrogen-bond donors (Lipinski definition) is 1. The van der Waals surface area contributed by atoms with Gasteiger partial charge in [-0.25, -0.2) is 0 Å². The summed E-state index contributed by atoms with van der Waals surface area (Å²) >= 11 is 0. The first kappa shape index (κ1) is 11.7. The third-order valence-corrected chi connectivity index (χ3v) is 3.32. The molecule has 0 aromatic carbocycles. The summed E-state index contributed by atoms with van der Waals surface area (Å²) in [7, 11) is 0. The van der Waals surface area contributed by atoms with E-state index in [4.69, 9.17) is 14.9 Å². The highest BCUT2D eigenvalue weighted by molar-refractivity contribution is 5.10. The largest absolute Gasteiger partial charge is 0.464 e. The predicted octanol–water partition coefficient (Wildman–Crippen LogP) is 2.66. The SMILES string of the molecule is CCc1ccc(C(N)CC2CCOCC2)o1. The van der Waals surface area contributed by atoms with Gasteiger partial charge in [-0.05, 0) is 37.3 Å². The van der Waals surface area contributed by atoms with Gasteiger partial charge in [0, 0.05) is 19.6 Å². The number of rotatable bonds is 4. The Balaban J connectivity index is 1.88. The smallest absolute Gasteiger partial charge is 0.120 e. The van der Waals surface area contributed by atoms with E-state index in [0.717, 1.165) is 50.4 Å². The van der Waals surface area contributed by atoms with E-state index < -0.39 is 0 Å². The van der Waals surface area contributed by atoms with E-state index in [1.54, 1.807) is 0 Å². The number of nitrogens with two attached hydrogens (primary N) is 1. The number of furan rings is 1. The second kappa shape index (κ2) is 5.51. The predicted molar refractivity (Wildman–Crippen MR) is 63.2 cm³/mol. The highest BCUT2D eigenvalue weighted by atomic mass is 16.5. The molecule has 3 heteroatoms. The van der Waals surface area contributed by atoms with Crippen molar-refractivity contribution in [1.29, 1.82) is 0 Å². The van der Waals surface area contributed by atoms with Crippen LogP contribution in [-0.2, 0) is 11.2 Å². The van der Waals surface area contributed by atoms with Crippen LogP contribution >= 0.6 is 0 Å². The molecule has 2 heterocycles. The van der Waals surface area contributed by atoms with Crippen LogP contribution in [0.3, 0.4) is 0 Å². The van der Waals surface area contributed by atoms with Crippen molar-refractivity contribution >= 4 is 0 Å². The Bertz CT molecular complexity index is 315. The van der Waals surface area contributed by atoms with Crippen molar-refractivity contribution in [3.63, 3.8) is 0 Å². The molecule has 0 radical (unpaired) electrons. The molecule has 16 heavy (non-hydrogen) atoms. The molecule has 2 N–H and O–H groups in total. The zero-order valence-corrected chi connectivity index (χ0v) is 9.95. The molecule has 1 aromatic rings. The van der Waals surface area contributed by atoms with Gasteiger partial charge in [0.05, 0.1) is 6.04 Å². The molecule has 1 atom stereocenters. The first-order valence-electron chi connectivity index (χ1n) is 6.21. The zero-order chi connectivity index (χ0) is 11.4. The van der Waals surface area contributed by atoms with E-state index in [9.17, 15) is 0 Å². The first-order valence-corrected chi connectivity index (χ1v) is 6.21. The molecule has 1 aromatic heterocycles. The third kappa shape index (κ3) is 2.86. The third-order valence-electron chi connectivity index (χ3n) is 3.32. The molecule has 90 valence electrons. The quantitative estimate of drug-likeness (QED) is 0.853. The summed E-state index contributed by atoms with van der Waals surface area (Å²) in [4.78, 5) is 0. The topological polar surface area (TPSA) is 48.4 Å². The Hall–Kier alpha value is -0.800. The lowest BCUT2D eigenvalue weighted by Gasteiger charge is -2.23. The molecule has 0 aliphatic carbocycles. The minimum absolute atomic E-state index is 0.0448. The van der Waals surface area contributed by atoms with Gasteiger partial charge in [0.25, 0.3) is 0 Å². The fourth-order valence-electron chi connectivity index (χ4n) is 2.24. The number of ether oxygens (including phenoxy) is 1. The van der Waals surface area contributed by atoms with Crippen LogP contribution < -0.4 is 5.73 Å². The molecule has 1 fully saturated rings. The Morgan fingerprint density at radius 2 is 2.12 bits per heavy atom. The highest BCUT2D eigenvalue weighted by Gasteiger charge is 2.19. The van der Waals surface area contributed by atoms with E-state index in [2.05, 4.69) is 6.92 Å². The summed E-state index contributed by atoms with van der Waals surface area (Å²) in [5.74, 6) is 2.65. The molecule has 3 nitrogen and oxygen atoms in total. The van der Waals surface area contributed by atoms with E-state index in [1.807, 2.05) is 12.1 Å². The molecule has 1 saturated heterocycles. The van der Waals surface area contributed by atoms with Gasteiger partial charge in [0.1, 0.15) is 11.5 Å². The van der Waals surface area contributed by atoms with E-state index >= 15 is 0 Å². The van der Waals surface area contributed by atoms with Crippen molar-refractivity contribution in [3.8, 4) is 0 Å². The monoisotopic (exact) mass is 223 g/mol. The van der Waals surface area contributed by atoms with Gasteiger partial charge in [-0.2, -0.15) is 0 Å². The van der Waals surface area contributed by atoms with Crippen molar-refractivity contribution in [3.05, 3.63) is 23.7 Å². The second-order valence-electron chi connectivity index (χ2n) is 4.56. The fraction of sp³-hybridized carbons (Fsp3) is 0.692. The standard InChI is InChI=1S/C13H21NO2/c1-2-11-3-4-13(16-11)12(14)9-10-5-7-15-8-6-10/h3-4,10,12H,2,5-9,14H2,1H3. The van der Waals surface area contributed by atoms with Crippen LogP contribution in [0.4, 0.5) is 0 Å². The molecule has 1 aliphatic heterocycles. The minimum atomic E-state index is 0.0448. The summed E-state index contributed by atoms with van der Waals surface area (Å²) in [6.45, 7) is 3.86. The molecule has 0 saturated carbocycles. The maximum absolute atomic E-state index is 6.16. The molecule has 1 unspecified atom stereocenters. The van der Waals surface area contributed by atoms with Crippen LogP contribution in [0.1, 0.15) is 43.7 Å². The summed E-state index contributed by atoms with van der Waals surface area (Å²) in [6.07, 6.45) is 4.22. The van der Waals surface area contributed by atoms with Crippen molar-refractivity contribution in [2.24, 2.45) is 11.7 Å². The summed E-state index contributed by atoms with van der Waals surface area (Å²) in [5, 5.41) is 0. The average Bonchev–Trinajstić information content (AvgIpc) is 2.79. The molecule has 2 rings (SSSR count). The maximum atomic E-state index is 6.16. The van der Waals surface area contributed by atoms with Gasteiger partial charge in [-0.1, -0.05) is 6.92 Å². The van der Waals surface area contributed by atoms with Gasteiger partial charge >= 0.3 is 0 Å². The molecular weight excluding hydrogens is 202 g/mol. The molecule has 0 amide bonds. The fourth-order valence-corrected chi connectivity index (χ4v) is 2.24. The van der Waals surface area contributed by atoms with Crippen LogP contribution in [0.5, 0.6) is 0 Å². The molecule has 0 bridgehead atoms. The van der Waals surface area contributed by atoms with Gasteiger partial charge in [-0.15, -0.1) is 0 Å². The second-order valence-corrected chi connectivity index (χ2v) is 4.56. The van der Waals surface area contributed by atoms with E-state index in [-0.39, 0.29) is 6.04 Å². The van der Waals surface area contributed by atoms with Gasteiger partial charge in [-0.3, -0.25) is 0 Å². The minimum Gasteiger partial charge on any atom is -0.464 e. The summed E-state index contributed by atoms with van der Waals surface area (Å²) in [6, 6.07) is 4.09. The molecule has 1 aliphatic rings. The Labute approximate surface area is 97.0 Å². The van der Waals surface area contributed by atoms with Crippen molar-refractivity contribution in [2.45, 2.75) is 38.6 Å². The molecule has 0 spiro atoms. The normalized spacial score (nSPS) is 19.9. The van der Waals surface area contributed by atoms with Crippen molar-refractivity contribution < 1.29 is 9.15 Å². The Kier molecular flexibility index (Phi) is 4.02. The van der Waals surface area contributed by atoms with Crippen LogP contribution in [0.15, 0.2) is 16.5 Å². The number of hydrogen-bond acceptors (Lipinski definition) is 3. The highest BCUT2D eigenvalue weighted by Crippen LogP contribution is 2.27. The lowest BCUT2D eigenvalue weighted by atomic mass is 9.92. The maximum Gasteiger partial charge on any atom is 0.120 e. The van der Waals surface area contributed by atoms with Gasteiger partial charge < -0.3 is 14.9 Å². The molecular formula is C13H21NO2. The van der Waals surface area contributed by atoms with Gasteiger partial charge in [0.2, 0.25) is 0 Å². The van der Waals surface area contributed by atoms with E-state index in [0.29, 0.717) is 5.92 Å². The average molecular weight is 223 g/mol. The van der Waals surface area contributed by atoms with E-state index in [1.165, 1.54) is 0 Å². The van der Waals surface area contributed by atoms with Gasteiger partial charge in [0.15, 0.2) is 0 Å². The number of aryl methyl sites for hydroxylation is 1. The van der Waals surface area contributed by atoms with Crippen LogP contribution in [0.25, 0.3) is 0 Å². The van der Waals surface area contributed by atoms with Crippen LogP contribution in [-0.4, -0.2) is 13.2 Å².